The Morgan fingerprint density at radius 1 is 1.06 bits per heavy atom. The van der Waals surface area contributed by atoms with E-state index in [-0.39, 0.29) is 15.5 Å². The second-order valence-corrected chi connectivity index (χ2v) is 5.17. The first-order valence-corrected chi connectivity index (χ1v) is 6.06. The Labute approximate surface area is 92.8 Å². The van der Waals surface area contributed by atoms with Gasteiger partial charge in [0.25, 0.3) is 0 Å². The summed E-state index contributed by atoms with van der Waals surface area (Å²) in [5.74, 6) is 0. The summed E-state index contributed by atoms with van der Waals surface area (Å²) in [7, 11) is -3.52. The third-order valence-electron chi connectivity index (χ3n) is 2.17. The molecule has 0 saturated carbocycles. The van der Waals surface area contributed by atoms with E-state index in [1.54, 1.807) is 18.2 Å². The monoisotopic (exact) mass is 236 g/mol. The molecule has 1 N–H and O–H groups in total. The number of H-pyrrole nitrogens is 1. The predicted molar refractivity (Wildman–Crippen MR) is 58.1 cm³/mol. The van der Waals surface area contributed by atoms with Gasteiger partial charge in [-0.15, -0.1) is 0 Å². The van der Waals surface area contributed by atoms with Gasteiger partial charge in [0.2, 0.25) is 9.84 Å². The van der Waals surface area contributed by atoms with Crippen LogP contribution in [-0.4, -0.2) is 19.7 Å². The largest absolute Gasteiger partial charge is 0.358 e. The number of hydrogen-bond donors (Lipinski definition) is 1. The lowest BCUT2D eigenvalue weighted by molar-refractivity contribution is 0.111. The van der Waals surface area contributed by atoms with Crippen molar-refractivity contribution in [3.05, 3.63) is 48.3 Å². The van der Waals surface area contributed by atoms with Gasteiger partial charge in [-0.3, -0.25) is 4.79 Å². The number of hydrogen-bond acceptors (Lipinski definition) is 3. The van der Waals surface area contributed by atoms with Crippen molar-refractivity contribution in [2.75, 3.05) is 0 Å². The van der Waals surface area contributed by atoms with Crippen molar-refractivity contribution in [1.82, 2.24) is 4.98 Å². The SMILES string of the molecule is O=C[13c]1cc(S(=O)(=O)c2ccccc2)c[nH]1. The summed E-state index contributed by atoms with van der Waals surface area (Å²) in [4.78, 5) is 13.4. The molecule has 5 heteroatoms. The van der Waals surface area contributed by atoms with Crippen LogP contribution >= 0.6 is 0 Å². The van der Waals surface area contributed by atoms with E-state index in [1.807, 2.05) is 0 Å². The normalized spacial score (nSPS) is 11.2. The first kappa shape index (κ1) is 10.6. The Kier molecular flexibility index (Phi) is 2.62. The zero-order valence-electron chi connectivity index (χ0n) is 8.25. The molecule has 2 rings (SSSR count). The van der Waals surface area contributed by atoms with Gasteiger partial charge in [-0.2, -0.15) is 0 Å². The summed E-state index contributed by atoms with van der Waals surface area (Å²) < 4.78 is 24.1. The van der Waals surface area contributed by atoms with Crippen LogP contribution < -0.4 is 0 Å². The minimum Gasteiger partial charge on any atom is -0.358 e. The molecule has 0 atom stereocenters. The molecule has 0 amide bonds. The summed E-state index contributed by atoms with van der Waals surface area (Å²) in [5.41, 5.74) is 0.245. The average molecular weight is 236 g/mol. The van der Waals surface area contributed by atoms with Crippen molar-refractivity contribution < 1.29 is 13.2 Å². The van der Waals surface area contributed by atoms with Gasteiger partial charge in [-0.1, -0.05) is 18.2 Å². The number of aldehydes is 1. The first-order chi connectivity index (χ1) is 7.64. The maximum absolute atomic E-state index is 12.0. The fourth-order valence-corrected chi connectivity index (χ4v) is 2.63. The first-order valence-electron chi connectivity index (χ1n) is 4.58. The molecule has 0 radical (unpaired) electrons. The average Bonchev–Trinajstić information content (AvgIpc) is 2.79. The molecule has 2 aromatic rings. The van der Waals surface area contributed by atoms with Crippen LogP contribution in [0.1, 0.15) is 10.5 Å². The van der Waals surface area contributed by atoms with Gasteiger partial charge in [0.05, 0.1) is 15.5 Å². The molecule has 0 fully saturated rings. The standard InChI is InChI=1S/C11H9NO3S/c13-8-9-6-11(7-12-9)16(14,15)10-4-2-1-3-5-10/h1-8,12H/i9+1. The molecular weight excluding hydrogens is 227 g/mol. The van der Waals surface area contributed by atoms with Gasteiger partial charge < -0.3 is 4.98 Å². The fraction of sp³-hybridized carbons (Fsp3) is 0. The quantitative estimate of drug-likeness (QED) is 0.824. The Balaban J connectivity index is 2.51. The van der Waals surface area contributed by atoms with Crippen molar-refractivity contribution in [3.63, 3.8) is 0 Å². The molecule has 82 valence electrons. The molecule has 1 aromatic heterocycles. The van der Waals surface area contributed by atoms with E-state index in [0.717, 1.165) is 0 Å². The molecule has 4 nitrogen and oxygen atoms in total. The number of carbonyl (C=O) groups excluding carboxylic acids is 1. The predicted octanol–water partition coefficient (Wildman–Crippen LogP) is 1.66. The van der Waals surface area contributed by atoms with Gasteiger partial charge in [-0.25, -0.2) is 8.42 Å². The van der Waals surface area contributed by atoms with Crippen LogP contribution in [0, 0.1) is 0 Å². The molecule has 0 aliphatic rings. The second kappa shape index (κ2) is 3.94. The van der Waals surface area contributed by atoms with Crippen LogP contribution in [0.25, 0.3) is 0 Å². The highest BCUT2D eigenvalue weighted by molar-refractivity contribution is 7.91. The van der Waals surface area contributed by atoms with Crippen molar-refractivity contribution in [2.45, 2.75) is 9.79 Å². The second-order valence-electron chi connectivity index (χ2n) is 3.23. The molecule has 0 aliphatic carbocycles. The van der Waals surface area contributed by atoms with Gasteiger partial charge in [0.1, 0.15) is 0 Å². The fourth-order valence-electron chi connectivity index (χ4n) is 1.35. The summed E-state index contributed by atoms with van der Waals surface area (Å²) in [6.45, 7) is 0. The molecule has 0 saturated heterocycles. The molecule has 1 heterocycles. The zero-order valence-corrected chi connectivity index (χ0v) is 9.07. The van der Waals surface area contributed by atoms with Gasteiger partial charge in [0.15, 0.2) is 6.29 Å². The number of rotatable bonds is 3. The number of carbonyl (C=O) groups is 1. The summed E-state index contributed by atoms with van der Waals surface area (Å²) in [6, 6.07) is 9.40. The Hall–Kier alpha value is -1.88. The number of aromatic nitrogens is 1. The summed E-state index contributed by atoms with van der Waals surface area (Å²) in [5, 5.41) is 0. The van der Waals surface area contributed by atoms with Crippen molar-refractivity contribution in [2.24, 2.45) is 0 Å². The van der Waals surface area contributed by atoms with E-state index < -0.39 is 9.84 Å². The Morgan fingerprint density at radius 3 is 2.31 bits per heavy atom. The van der Waals surface area contributed by atoms with Crippen molar-refractivity contribution in [1.29, 1.82) is 0 Å². The maximum atomic E-state index is 12.0. The van der Waals surface area contributed by atoms with Crippen LogP contribution in [0.3, 0.4) is 0 Å². The number of aromatic amines is 1. The zero-order chi connectivity index (χ0) is 11.6. The minimum absolute atomic E-state index is 0.0980. The van der Waals surface area contributed by atoms with E-state index in [1.165, 1.54) is 24.4 Å². The molecule has 16 heavy (non-hydrogen) atoms. The lowest BCUT2D eigenvalue weighted by atomic mass is 10.4. The number of benzene rings is 1. The molecule has 0 aliphatic heterocycles. The Morgan fingerprint density at radius 2 is 1.75 bits per heavy atom. The Bertz CT molecular complexity index is 599. The topological polar surface area (TPSA) is 67.0 Å². The van der Waals surface area contributed by atoms with E-state index in [0.29, 0.717) is 6.29 Å². The summed E-state index contributed by atoms with van der Waals surface area (Å²) >= 11 is 0. The third-order valence-corrected chi connectivity index (χ3v) is 3.92. The van der Waals surface area contributed by atoms with E-state index >= 15 is 0 Å². The van der Waals surface area contributed by atoms with Crippen molar-refractivity contribution in [3.8, 4) is 0 Å². The molecule has 0 bridgehead atoms. The van der Waals surface area contributed by atoms with Gasteiger partial charge >= 0.3 is 0 Å². The van der Waals surface area contributed by atoms with Gasteiger partial charge in [0, 0.05) is 6.20 Å². The van der Waals surface area contributed by atoms with Crippen LogP contribution in [0.5, 0.6) is 0 Å². The number of sulfone groups is 1. The van der Waals surface area contributed by atoms with Crippen LogP contribution in [0.15, 0.2) is 52.4 Å². The highest BCUT2D eigenvalue weighted by Crippen LogP contribution is 2.20. The molecule has 1 aromatic carbocycles. The molecular formula is C11H9NO3S. The smallest absolute Gasteiger partial charge is 0.208 e. The maximum Gasteiger partial charge on any atom is 0.208 e. The minimum atomic E-state index is -3.52. The van der Waals surface area contributed by atoms with E-state index in [9.17, 15) is 13.2 Å². The third kappa shape index (κ3) is 1.77. The lowest BCUT2D eigenvalue weighted by Crippen LogP contribution is -1.99. The highest BCUT2D eigenvalue weighted by Gasteiger charge is 2.18. The van der Waals surface area contributed by atoms with Gasteiger partial charge in [-0.05, 0) is 18.2 Å². The molecule has 0 spiro atoms. The number of nitrogens with one attached hydrogen (secondary N) is 1. The lowest BCUT2D eigenvalue weighted by Gasteiger charge is -2.00. The summed E-state index contributed by atoms with van der Waals surface area (Å²) in [6.07, 6.45) is 1.89. The van der Waals surface area contributed by atoms with E-state index in [2.05, 4.69) is 4.98 Å². The highest BCUT2D eigenvalue weighted by atomic mass is 32.2. The van der Waals surface area contributed by atoms with Crippen molar-refractivity contribution >= 4 is 16.1 Å². The molecule has 0 unspecified atom stereocenters. The van der Waals surface area contributed by atoms with E-state index in [4.69, 9.17) is 0 Å². The van der Waals surface area contributed by atoms with Crippen LogP contribution in [0.4, 0.5) is 0 Å². The van der Waals surface area contributed by atoms with Crippen LogP contribution in [-0.2, 0) is 9.84 Å². The van der Waals surface area contributed by atoms with Crippen LogP contribution in [0.2, 0.25) is 0 Å².